The molecule has 0 unspecified atom stereocenters. The average Bonchev–Trinajstić information content (AvgIpc) is 2.55. The SMILES string of the molecule is CCCCCCCCOC1CCC(C2CCC(Br)CC2)CC1. The van der Waals surface area contributed by atoms with Crippen molar-refractivity contribution in [3.63, 3.8) is 0 Å². The molecule has 0 aromatic heterocycles. The Hall–Kier alpha value is 0.440. The van der Waals surface area contributed by atoms with Gasteiger partial charge in [-0.15, -0.1) is 0 Å². The smallest absolute Gasteiger partial charge is 0.0575 e. The topological polar surface area (TPSA) is 9.23 Å². The van der Waals surface area contributed by atoms with E-state index in [1.807, 2.05) is 0 Å². The Bertz CT molecular complexity index is 265. The molecular weight excluding hydrogens is 336 g/mol. The summed E-state index contributed by atoms with van der Waals surface area (Å²) in [7, 11) is 0. The maximum absolute atomic E-state index is 6.13. The van der Waals surface area contributed by atoms with Crippen LogP contribution in [0.1, 0.15) is 96.8 Å². The first-order valence-corrected chi connectivity index (χ1v) is 11.0. The van der Waals surface area contributed by atoms with E-state index in [-0.39, 0.29) is 0 Å². The van der Waals surface area contributed by atoms with E-state index in [4.69, 9.17) is 4.74 Å². The van der Waals surface area contributed by atoms with E-state index < -0.39 is 0 Å². The summed E-state index contributed by atoms with van der Waals surface area (Å²) in [6.45, 7) is 3.29. The Morgan fingerprint density at radius 1 is 0.727 bits per heavy atom. The second-order valence-corrected chi connectivity index (χ2v) is 8.98. The van der Waals surface area contributed by atoms with Crippen LogP contribution in [0.3, 0.4) is 0 Å². The largest absolute Gasteiger partial charge is 0.378 e. The van der Waals surface area contributed by atoms with Gasteiger partial charge in [0.05, 0.1) is 6.10 Å². The van der Waals surface area contributed by atoms with Gasteiger partial charge in [0.2, 0.25) is 0 Å². The number of rotatable bonds is 9. The van der Waals surface area contributed by atoms with E-state index in [1.165, 1.54) is 89.9 Å². The van der Waals surface area contributed by atoms with Gasteiger partial charge in [-0.3, -0.25) is 0 Å². The highest BCUT2D eigenvalue weighted by Gasteiger charge is 2.30. The minimum Gasteiger partial charge on any atom is -0.378 e. The molecule has 2 aliphatic carbocycles. The van der Waals surface area contributed by atoms with Crippen LogP contribution in [0, 0.1) is 11.8 Å². The molecule has 0 aromatic carbocycles. The number of ether oxygens (including phenoxy) is 1. The molecule has 0 radical (unpaired) electrons. The van der Waals surface area contributed by atoms with E-state index in [2.05, 4.69) is 22.9 Å². The van der Waals surface area contributed by atoms with Crippen LogP contribution >= 0.6 is 15.9 Å². The summed E-state index contributed by atoms with van der Waals surface area (Å²) < 4.78 is 6.13. The van der Waals surface area contributed by atoms with Crippen LogP contribution < -0.4 is 0 Å². The van der Waals surface area contributed by atoms with E-state index in [1.54, 1.807) is 0 Å². The van der Waals surface area contributed by atoms with Gasteiger partial charge in [0.25, 0.3) is 0 Å². The summed E-state index contributed by atoms with van der Waals surface area (Å²) in [6, 6.07) is 0. The molecule has 0 heterocycles. The normalized spacial score (nSPS) is 33.0. The molecule has 0 amide bonds. The Morgan fingerprint density at radius 2 is 1.27 bits per heavy atom. The number of halogens is 1. The monoisotopic (exact) mass is 372 g/mol. The zero-order valence-electron chi connectivity index (χ0n) is 14.7. The van der Waals surface area contributed by atoms with Gasteiger partial charge in [-0.05, 0) is 69.6 Å². The van der Waals surface area contributed by atoms with Crippen molar-refractivity contribution < 1.29 is 4.74 Å². The van der Waals surface area contributed by atoms with Gasteiger partial charge in [0, 0.05) is 11.4 Å². The van der Waals surface area contributed by atoms with Gasteiger partial charge in [-0.2, -0.15) is 0 Å². The van der Waals surface area contributed by atoms with Crippen molar-refractivity contribution >= 4 is 15.9 Å². The summed E-state index contributed by atoms with van der Waals surface area (Å²) in [6.07, 6.45) is 20.0. The fourth-order valence-electron chi connectivity index (χ4n) is 4.41. The molecule has 0 bridgehead atoms. The third kappa shape index (κ3) is 6.91. The molecule has 22 heavy (non-hydrogen) atoms. The van der Waals surface area contributed by atoms with Crippen LogP contribution in [0.4, 0.5) is 0 Å². The molecule has 2 rings (SSSR count). The molecule has 0 N–H and O–H groups in total. The van der Waals surface area contributed by atoms with Crippen molar-refractivity contribution in [1.29, 1.82) is 0 Å². The van der Waals surface area contributed by atoms with Crippen molar-refractivity contribution in [1.82, 2.24) is 0 Å². The fourth-order valence-corrected chi connectivity index (χ4v) is 4.94. The number of alkyl halides is 1. The van der Waals surface area contributed by atoms with Crippen molar-refractivity contribution in [2.24, 2.45) is 11.8 Å². The number of unbranched alkanes of at least 4 members (excludes halogenated alkanes) is 5. The van der Waals surface area contributed by atoms with Gasteiger partial charge in [0.1, 0.15) is 0 Å². The highest BCUT2D eigenvalue weighted by molar-refractivity contribution is 9.09. The van der Waals surface area contributed by atoms with Crippen LogP contribution in [0.5, 0.6) is 0 Å². The van der Waals surface area contributed by atoms with Crippen molar-refractivity contribution in [2.75, 3.05) is 6.61 Å². The summed E-state index contributed by atoms with van der Waals surface area (Å²) >= 11 is 3.78. The molecule has 2 heteroatoms. The molecule has 2 saturated carbocycles. The lowest BCUT2D eigenvalue weighted by atomic mass is 9.73. The van der Waals surface area contributed by atoms with E-state index in [0.29, 0.717) is 6.10 Å². The Labute approximate surface area is 147 Å². The molecular formula is C20H37BrO. The molecule has 2 aliphatic rings. The van der Waals surface area contributed by atoms with Crippen LogP contribution in [-0.4, -0.2) is 17.5 Å². The Kier molecular flexibility index (Phi) is 9.45. The zero-order chi connectivity index (χ0) is 15.6. The highest BCUT2D eigenvalue weighted by atomic mass is 79.9. The first-order valence-electron chi connectivity index (χ1n) is 10.0. The summed E-state index contributed by atoms with van der Waals surface area (Å²) in [5.41, 5.74) is 0. The number of hydrogen-bond donors (Lipinski definition) is 0. The molecule has 130 valence electrons. The second kappa shape index (κ2) is 11.1. The zero-order valence-corrected chi connectivity index (χ0v) is 16.3. The Morgan fingerprint density at radius 3 is 1.91 bits per heavy atom. The molecule has 0 spiro atoms. The predicted molar refractivity (Wildman–Crippen MR) is 99.7 cm³/mol. The third-order valence-corrected chi connectivity index (χ3v) is 6.85. The molecule has 0 aliphatic heterocycles. The van der Waals surface area contributed by atoms with E-state index in [9.17, 15) is 0 Å². The fraction of sp³-hybridized carbons (Fsp3) is 1.00. The third-order valence-electron chi connectivity index (χ3n) is 5.94. The lowest BCUT2D eigenvalue weighted by Gasteiger charge is -2.36. The van der Waals surface area contributed by atoms with Crippen molar-refractivity contribution in [3.05, 3.63) is 0 Å². The Balaban J connectivity index is 1.48. The van der Waals surface area contributed by atoms with Crippen LogP contribution in [-0.2, 0) is 4.74 Å². The maximum atomic E-state index is 6.13. The van der Waals surface area contributed by atoms with Gasteiger partial charge >= 0.3 is 0 Å². The second-order valence-electron chi connectivity index (χ2n) is 7.69. The summed E-state index contributed by atoms with van der Waals surface area (Å²) in [5.74, 6) is 2.03. The van der Waals surface area contributed by atoms with E-state index in [0.717, 1.165) is 23.3 Å². The molecule has 0 aromatic rings. The average molecular weight is 373 g/mol. The summed E-state index contributed by atoms with van der Waals surface area (Å²) in [4.78, 5) is 0.806. The lowest BCUT2D eigenvalue weighted by molar-refractivity contribution is 0.00683. The number of hydrogen-bond acceptors (Lipinski definition) is 1. The van der Waals surface area contributed by atoms with Crippen molar-refractivity contribution in [3.8, 4) is 0 Å². The molecule has 1 nitrogen and oxygen atoms in total. The van der Waals surface area contributed by atoms with Crippen LogP contribution in [0.2, 0.25) is 0 Å². The van der Waals surface area contributed by atoms with Gasteiger partial charge < -0.3 is 4.74 Å². The molecule has 0 atom stereocenters. The minimum atomic E-state index is 0.583. The molecule has 2 fully saturated rings. The van der Waals surface area contributed by atoms with E-state index >= 15 is 0 Å². The van der Waals surface area contributed by atoms with Gasteiger partial charge in [-0.1, -0.05) is 55.0 Å². The first-order chi connectivity index (χ1) is 10.8. The van der Waals surface area contributed by atoms with Crippen LogP contribution in [0.25, 0.3) is 0 Å². The highest BCUT2D eigenvalue weighted by Crippen LogP contribution is 2.40. The lowest BCUT2D eigenvalue weighted by Crippen LogP contribution is -2.28. The van der Waals surface area contributed by atoms with Gasteiger partial charge in [-0.25, -0.2) is 0 Å². The summed E-state index contributed by atoms with van der Waals surface area (Å²) in [5, 5.41) is 0. The van der Waals surface area contributed by atoms with Crippen molar-refractivity contribution in [2.45, 2.75) is 108 Å². The van der Waals surface area contributed by atoms with Gasteiger partial charge in [0.15, 0.2) is 0 Å². The van der Waals surface area contributed by atoms with Crippen LogP contribution in [0.15, 0.2) is 0 Å². The quantitative estimate of drug-likeness (QED) is 0.316. The minimum absolute atomic E-state index is 0.583. The standard InChI is InChI=1S/C20H37BrO/c1-2-3-4-5-6-7-16-22-20-14-10-18(11-15-20)17-8-12-19(21)13-9-17/h17-20H,2-16H2,1H3. The first kappa shape index (κ1) is 18.8. The molecule has 0 saturated heterocycles. The predicted octanol–water partition coefficient (Wildman–Crippen LogP) is 6.88. The maximum Gasteiger partial charge on any atom is 0.0575 e.